The molecule has 0 aliphatic heterocycles. The Morgan fingerprint density at radius 2 is 2.06 bits per heavy atom. The molecule has 6 heteroatoms. The Balaban J connectivity index is 2.04. The molecule has 0 aromatic carbocycles. The maximum Gasteiger partial charge on any atom is 0.389 e. The summed E-state index contributed by atoms with van der Waals surface area (Å²) in [6, 6.07) is -0.138. The van der Waals surface area contributed by atoms with Gasteiger partial charge in [-0.15, -0.1) is 0 Å². The van der Waals surface area contributed by atoms with Gasteiger partial charge in [0.25, 0.3) is 0 Å². The number of halogens is 3. The van der Waals surface area contributed by atoms with Crippen LogP contribution in [0.25, 0.3) is 0 Å². The number of carbonyl (C=O) groups is 1. The van der Waals surface area contributed by atoms with Crippen LogP contribution in [0.15, 0.2) is 0 Å². The summed E-state index contributed by atoms with van der Waals surface area (Å²) in [5, 5.41) is 5.56. The molecule has 1 aliphatic carbocycles. The molecule has 0 spiro atoms. The fourth-order valence-corrected chi connectivity index (χ4v) is 1.25. The fraction of sp³-hybridized carbons (Fsp3) is 0.900. The van der Waals surface area contributed by atoms with Gasteiger partial charge < -0.3 is 10.6 Å². The number of amides is 1. The second-order valence-corrected chi connectivity index (χ2v) is 4.18. The zero-order chi connectivity index (χ0) is 12.2. The average Bonchev–Trinajstić information content (AvgIpc) is 2.94. The largest absolute Gasteiger partial charge is 0.389 e. The van der Waals surface area contributed by atoms with Crippen molar-refractivity contribution in [2.75, 3.05) is 6.54 Å². The number of hydrogen-bond donors (Lipinski definition) is 2. The summed E-state index contributed by atoms with van der Waals surface area (Å²) in [7, 11) is 0. The molecule has 1 amide bonds. The molecule has 1 fully saturated rings. The molecule has 1 rings (SSSR count). The van der Waals surface area contributed by atoms with E-state index >= 15 is 0 Å². The summed E-state index contributed by atoms with van der Waals surface area (Å²) in [5.41, 5.74) is 0. The predicted octanol–water partition coefficient (Wildman–Crippen LogP) is 1.59. The van der Waals surface area contributed by atoms with Crippen molar-refractivity contribution in [2.45, 2.75) is 50.9 Å². The Kier molecular flexibility index (Phi) is 4.58. The van der Waals surface area contributed by atoms with Gasteiger partial charge in [0.2, 0.25) is 5.91 Å². The molecular weight excluding hydrogens is 221 g/mol. The van der Waals surface area contributed by atoms with E-state index in [4.69, 9.17) is 0 Å². The maximum absolute atomic E-state index is 11.8. The van der Waals surface area contributed by atoms with Crippen molar-refractivity contribution in [3.63, 3.8) is 0 Å². The van der Waals surface area contributed by atoms with Gasteiger partial charge in [-0.25, -0.2) is 0 Å². The second kappa shape index (κ2) is 5.52. The van der Waals surface area contributed by atoms with E-state index in [9.17, 15) is 18.0 Å². The van der Waals surface area contributed by atoms with Gasteiger partial charge in [-0.1, -0.05) is 0 Å². The molecule has 1 saturated carbocycles. The Labute approximate surface area is 92.8 Å². The van der Waals surface area contributed by atoms with E-state index in [2.05, 4.69) is 10.6 Å². The van der Waals surface area contributed by atoms with E-state index in [0.29, 0.717) is 0 Å². The molecule has 0 saturated heterocycles. The summed E-state index contributed by atoms with van der Waals surface area (Å²) in [4.78, 5) is 11.4. The molecular formula is C10H17F3N2O. The van der Waals surface area contributed by atoms with Crippen molar-refractivity contribution in [3.05, 3.63) is 0 Å². The highest BCUT2D eigenvalue weighted by molar-refractivity contribution is 5.81. The monoisotopic (exact) mass is 238 g/mol. The standard InChI is InChI=1S/C10H17F3N2O/c1-7(9(16)15-8-3-4-8)14-6-2-5-10(11,12)13/h7-8,14H,2-6H2,1H3,(H,15,16). The summed E-state index contributed by atoms with van der Waals surface area (Å²) >= 11 is 0. The molecule has 94 valence electrons. The van der Waals surface area contributed by atoms with E-state index in [1.54, 1.807) is 6.92 Å². The highest BCUT2D eigenvalue weighted by atomic mass is 19.4. The minimum atomic E-state index is -4.11. The van der Waals surface area contributed by atoms with E-state index in [0.717, 1.165) is 12.8 Å². The number of nitrogens with one attached hydrogen (secondary N) is 2. The van der Waals surface area contributed by atoms with Gasteiger partial charge in [-0.2, -0.15) is 13.2 Å². The van der Waals surface area contributed by atoms with Crippen LogP contribution < -0.4 is 10.6 Å². The van der Waals surface area contributed by atoms with Gasteiger partial charge >= 0.3 is 6.18 Å². The fourth-order valence-electron chi connectivity index (χ4n) is 1.25. The van der Waals surface area contributed by atoms with Crippen molar-refractivity contribution in [1.29, 1.82) is 0 Å². The van der Waals surface area contributed by atoms with E-state index < -0.39 is 18.6 Å². The van der Waals surface area contributed by atoms with Crippen molar-refractivity contribution in [1.82, 2.24) is 10.6 Å². The van der Waals surface area contributed by atoms with Crippen molar-refractivity contribution in [3.8, 4) is 0 Å². The molecule has 0 radical (unpaired) electrons. The third-order valence-corrected chi connectivity index (χ3v) is 2.40. The van der Waals surface area contributed by atoms with Gasteiger partial charge in [0, 0.05) is 12.5 Å². The second-order valence-electron chi connectivity index (χ2n) is 4.18. The third kappa shape index (κ3) is 5.95. The topological polar surface area (TPSA) is 41.1 Å². The Morgan fingerprint density at radius 3 is 2.56 bits per heavy atom. The van der Waals surface area contributed by atoms with Gasteiger partial charge in [0.1, 0.15) is 0 Å². The number of carbonyl (C=O) groups excluding carboxylic acids is 1. The first-order valence-corrected chi connectivity index (χ1v) is 5.49. The molecule has 0 heterocycles. The van der Waals surface area contributed by atoms with E-state index in [1.807, 2.05) is 0 Å². The van der Waals surface area contributed by atoms with Crippen LogP contribution in [0.4, 0.5) is 13.2 Å². The number of hydrogen-bond acceptors (Lipinski definition) is 2. The molecule has 3 nitrogen and oxygen atoms in total. The van der Waals surface area contributed by atoms with Crippen LogP contribution in [0, 0.1) is 0 Å². The average molecular weight is 238 g/mol. The van der Waals surface area contributed by atoms with Crippen molar-refractivity contribution < 1.29 is 18.0 Å². The van der Waals surface area contributed by atoms with Crippen LogP contribution in [0.5, 0.6) is 0 Å². The van der Waals surface area contributed by atoms with Crippen LogP contribution in [0.3, 0.4) is 0 Å². The summed E-state index contributed by atoms with van der Waals surface area (Å²) in [6.07, 6.45) is -2.90. The van der Waals surface area contributed by atoms with Crippen molar-refractivity contribution >= 4 is 5.91 Å². The lowest BCUT2D eigenvalue weighted by atomic mass is 10.2. The molecule has 1 aliphatic rings. The Hall–Kier alpha value is -0.780. The Bertz CT molecular complexity index is 239. The number of rotatable bonds is 6. The predicted molar refractivity (Wildman–Crippen MR) is 53.9 cm³/mol. The van der Waals surface area contributed by atoms with Gasteiger partial charge in [-0.3, -0.25) is 4.79 Å². The number of alkyl halides is 3. The van der Waals surface area contributed by atoms with Gasteiger partial charge in [0.05, 0.1) is 6.04 Å². The first-order valence-electron chi connectivity index (χ1n) is 5.49. The zero-order valence-electron chi connectivity index (χ0n) is 9.23. The lowest BCUT2D eigenvalue weighted by molar-refractivity contribution is -0.135. The van der Waals surface area contributed by atoms with Gasteiger partial charge in [0.15, 0.2) is 0 Å². The minimum absolute atomic E-state index is 0.00451. The summed E-state index contributed by atoms with van der Waals surface area (Å²) < 4.78 is 35.4. The smallest absolute Gasteiger partial charge is 0.352 e. The van der Waals surface area contributed by atoms with E-state index in [1.165, 1.54) is 0 Å². The lowest BCUT2D eigenvalue weighted by Gasteiger charge is -2.14. The highest BCUT2D eigenvalue weighted by Crippen LogP contribution is 2.21. The third-order valence-electron chi connectivity index (χ3n) is 2.40. The van der Waals surface area contributed by atoms with Crippen molar-refractivity contribution in [2.24, 2.45) is 0 Å². The first-order chi connectivity index (χ1) is 7.38. The highest BCUT2D eigenvalue weighted by Gasteiger charge is 2.27. The normalized spacial score (nSPS) is 18.2. The first kappa shape index (κ1) is 13.3. The molecule has 0 aromatic rings. The molecule has 2 N–H and O–H groups in total. The Morgan fingerprint density at radius 1 is 1.44 bits per heavy atom. The molecule has 1 unspecified atom stereocenters. The molecule has 0 bridgehead atoms. The summed E-state index contributed by atoms with van der Waals surface area (Å²) in [5.74, 6) is -0.130. The van der Waals surface area contributed by atoms with E-state index in [-0.39, 0.29) is 24.9 Å². The minimum Gasteiger partial charge on any atom is -0.352 e. The summed E-state index contributed by atoms with van der Waals surface area (Å²) in [6.45, 7) is 1.87. The molecule has 16 heavy (non-hydrogen) atoms. The lowest BCUT2D eigenvalue weighted by Crippen LogP contribution is -2.43. The van der Waals surface area contributed by atoms with Crippen LogP contribution >= 0.6 is 0 Å². The SMILES string of the molecule is CC(NCCCC(F)(F)F)C(=O)NC1CC1. The zero-order valence-corrected chi connectivity index (χ0v) is 9.23. The van der Waals surface area contributed by atoms with Gasteiger partial charge in [-0.05, 0) is 32.7 Å². The molecule has 1 atom stereocenters. The van der Waals surface area contributed by atoms with Crippen LogP contribution in [0.1, 0.15) is 32.6 Å². The van der Waals surface area contributed by atoms with Crippen LogP contribution in [-0.2, 0) is 4.79 Å². The quantitative estimate of drug-likeness (QED) is 0.690. The molecule has 0 aromatic heterocycles. The maximum atomic E-state index is 11.8. The van der Waals surface area contributed by atoms with Crippen LogP contribution in [0.2, 0.25) is 0 Å². The van der Waals surface area contributed by atoms with Crippen LogP contribution in [-0.4, -0.2) is 30.7 Å².